The summed E-state index contributed by atoms with van der Waals surface area (Å²) in [5.41, 5.74) is 1.02. The zero-order valence-electron chi connectivity index (χ0n) is 7.28. The largest absolute Gasteiger partial charge is 0.303 e. The van der Waals surface area contributed by atoms with Gasteiger partial charge in [0, 0.05) is 19.3 Å². The van der Waals surface area contributed by atoms with Crippen LogP contribution < -0.4 is 0 Å². The summed E-state index contributed by atoms with van der Waals surface area (Å²) in [6.07, 6.45) is 1.97. The summed E-state index contributed by atoms with van der Waals surface area (Å²) in [5.74, 6) is 0. The molecule has 0 aliphatic rings. The molecule has 0 aliphatic heterocycles. The van der Waals surface area contributed by atoms with Gasteiger partial charge in [0.2, 0.25) is 0 Å². The quantitative estimate of drug-likeness (QED) is 0.630. The highest BCUT2D eigenvalue weighted by atomic mass is 15.4. The molecule has 62 valence electrons. The lowest BCUT2D eigenvalue weighted by molar-refractivity contribution is 0.396. The molecule has 0 aliphatic carbocycles. The Morgan fingerprint density at radius 2 is 2.27 bits per heavy atom. The summed E-state index contributed by atoms with van der Waals surface area (Å²) in [6.45, 7) is 3.80. The van der Waals surface area contributed by atoms with Crippen molar-refractivity contribution >= 4 is 0 Å². The van der Waals surface area contributed by atoms with E-state index in [2.05, 4.69) is 15.2 Å². The van der Waals surface area contributed by atoms with Gasteiger partial charge in [-0.2, -0.15) is 0 Å². The van der Waals surface area contributed by atoms with Crippen LogP contribution >= 0.6 is 0 Å². The van der Waals surface area contributed by atoms with Gasteiger partial charge in [0.05, 0.1) is 5.69 Å². The van der Waals surface area contributed by atoms with Crippen LogP contribution in [0, 0.1) is 0 Å². The SMILES string of the molecule is CCn1cc(CN(C)C)nn1. The first kappa shape index (κ1) is 8.20. The van der Waals surface area contributed by atoms with Crippen molar-refractivity contribution in [3.05, 3.63) is 11.9 Å². The van der Waals surface area contributed by atoms with E-state index in [1.807, 2.05) is 31.9 Å². The normalized spacial score (nSPS) is 10.9. The molecule has 1 rings (SSSR count). The molecule has 0 aromatic carbocycles. The van der Waals surface area contributed by atoms with Gasteiger partial charge in [-0.3, -0.25) is 4.68 Å². The molecule has 11 heavy (non-hydrogen) atoms. The molecule has 4 nitrogen and oxygen atoms in total. The molecule has 4 heteroatoms. The van der Waals surface area contributed by atoms with E-state index in [0.717, 1.165) is 18.8 Å². The van der Waals surface area contributed by atoms with Crippen molar-refractivity contribution in [3.8, 4) is 0 Å². The highest BCUT2D eigenvalue weighted by Crippen LogP contribution is 1.95. The molecule has 0 radical (unpaired) electrons. The van der Waals surface area contributed by atoms with Crippen molar-refractivity contribution < 1.29 is 0 Å². The van der Waals surface area contributed by atoms with Crippen LogP contribution in [0.4, 0.5) is 0 Å². The molecule has 0 spiro atoms. The number of aromatic nitrogens is 3. The molecule has 0 bridgehead atoms. The Morgan fingerprint density at radius 3 is 2.73 bits per heavy atom. The number of hydrogen-bond acceptors (Lipinski definition) is 3. The second kappa shape index (κ2) is 3.48. The molecule has 0 N–H and O–H groups in total. The molecule has 0 saturated heterocycles. The summed E-state index contributed by atoms with van der Waals surface area (Å²) in [4.78, 5) is 2.07. The fraction of sp³-hybridized carbons (Fsp3) is 0.714. The third-order valence-electron chi connectivity index (χ3n) is 1.39. The predicted octanol–water partition coefficient (Wildman–Crippen LogP) is 0.360. The van der Waals surface area contributed by atoms with Gasteiger partial charge in [-0.15, -0.1) is 5.10 Å². The fourth-order valence-electron chi connectivity index (χ4n) is 0.890. The Labute approximate surface area is 66.8 Å². The summed E-state index contributed by atoms with van der Waals surface area (Å²) >= 11 is 0. The maximum atomic E-state index is 4.00. The van der Waals surface area contributed by atoms with Crippen molar-refractivity contribution in [2.24, 2.45) is 0 Å². The first-order valence-electron chi connectivity index (χ1n) is 3.76. The molecule has 1 aromatic heterocycles. The average Bonchev–Trinajstić information content (AvgIpc) is 2.34. The maximum absolute atomic E-state index is 4.00. The third kappa shape index (κ3) is 2.31. The van der Waals surface area contributed by atoms with Crippen molar-refractivity contribution in [2.45, 2.75) is 20.0 Å². The number of hydrogen-bond donors (Lipinski definition) is 0. The minimum absolute atomic E-state index is 0.861. The number of nitrogens with zero attached hydrogens (tertiary/aromatic N) is 4. The van der Waals surface area contributed by atoms with Crippen molar-refractivity contribution in [1.82, 2.24) is 19.9 Å². The van der Waals surface area contributed by atoms with E-state index < -0.39 is 0 Å². The molecule has 0 fully saturated rings. The molecule has 1 aromatic rings. The van der Waals surface area contributed by atoms with Crippen LogP contribution in [0.5, 0.6) is 0 Å². The maximum Gasteiger partial charge on any atom is 0.0966 e. The zero-order chi connectivity index (χ0) is 8.27. The Hall–Kier alpha value is -0.900. The molecule has 1 heterocycles. The van der Waals surface area contributed by atoms with Crippen LogP contribution in [0.1, 0.15) is 12.6 Å². The van der Waals surface area contributed by atoms with Crippen LogP contribution in [0.2, 0.25) is 0 Å². The fourth-order valence-corrected chi connectivity index (χ4v) is 0.890. The molecular weight excluding hydrogens is 140 g/mol. The van der Waals surface area contributed by atoms with Crippen LogP contribution in [0.3, 0.4) is 0 Å². The summed E-state index contributed by atoms with van der Waals surface area (Å²) in [7, 11) is 4.04. The Kier molecular flexibility index (Phi) is 2.59. The average molecular weight is 154 g/mol. The van der Waals surface area contributed by atoms with E-state index in [1.165, 1.54) is 0 Å². The predicted molar refractivity (Wildman–Crippen MR) is 43.1 cm³/mol. The van der Waals surface area contributed by atoms with Crippen LogP contribution in [-0.4, -0.2) is 34.0 Å². The third-order valence-corrected chi connectivity index (χ3v) is 1.39. The lowest BCUT2D eigenvalue weighted by Crippen LogP contribution is -2.10. The monoisotopic (exact) mass is 154 g/mol. The first-order valence-corrected chi connectivity index (χ1v) is 3.76. The second-order valence-electron chi connectivity index (χ2n) is 2.80. The van der Waals surface area contributed by atoms with Crippen LogP contribution in [0.15, 0.2) is 6.20 Å². The van der Waals surface area contributed by atoms with Gasteiger partial charge in [0.15, 0.2) is 0 Å². The van der Waals surface area contributed by atoms with Crippen molar-refractivity contribution in [2.75, 3.05) is 14.1 Å². The van der Waals surface area contributed by atoms with E-state index in [4.69, 9.17) is 0 Å². The van der Waals surface area contributed by atoms with Gasteiger partial charge in [0.25, 0.3) is 0 Å². The number of aryl methyl sites for hydroxylation is 1. The lowest BCUT2D eigenvalue weighted by atomic mass is 10.4. The smallest absolute Gasteiger partial charge is 0.0966 e. The standard InChI is InChI=1S/C7H14N4/c1-4-11-6-7(8-9-11)5-10(2)3/h6H,4-5H2,1-3H3. The first-order chi connectivity index (χ1) is 5.22. The molecule has 0 atom stereocenters. The summed E-state index contributed by atoms with van der Waals surface area (Å²) < 4.78 is 1.83. The molecule has 0 saturated carbocycles. The van der Waals surface area contributed by atoms with E-state index in [9.17, 15) is 0 Å². The van der Waals surface area contributed by atoms with Gasteiger partial charge < -0.3 is 4.90 Å². The highest BCUT2D eigenvalue weighted by molar-refractivity contribution is 4.90. The van der Waals surface area contributed by atoms with Crippen LogP contribution in [0.25, 0.3) is 0 Å². The molecule has 0 amide bonds. The molecular formula is C7H14N4. The van der Waals surface area contributed by atoms with E-state index in [-0.39, 0.29) is 0 Å². The Bertz CT molecular complexity index is 216. The van der Waals surface area contributed by atoms with Gasteiger partial charge in [-0.25, -0.2) is 0 Å². The minimum Gasteiger partial charge on any atom is -0.303 e. The Morgan fingerprint density at radius 1 is 1.55 bits per heavy atom. The molecule has 0 unspecified atom stereocenters. The second-order valence-corrected chi connectivity index (χ2v) is 2.80. The van der Waals surface area contributed by atoms with Crippen LogP contribution in [-0.2, 0) is 13.1 Å². The zero-order valence-corrected chi connectivity index (χ0v) is 7.28. The summed E-state index contributed by atoms with van der Waals surface area (Å²) in [6, 6.07) is 0. The van der Waals surface area contributed by atoms with Gasteiger partial charge in [-0.05, 0) is 21.0 Å². The van der Waals surface area contributed by atoms with E-state index in [0.29, 0.717) is 0 Å². The minimum atomic E-state index is 0.861. The number of rotatable bonds is 3. The Balaban J connectivity index is 2.58. The summed E-state index contributed by atoms with van der Waals surface area (Å²) in [5, 5.41) is 7.93. The highest BCUT2D eigenvalue weighted by Gasteiger charge is 1.99. The lowest BCUT2D eigenvalue weighted by Gasteiger charge is -2.04. The van der Waals surface area contributed by atoms with Crippen molar-refractivity contribution in [1.29, 1.82) is 0 Å². The van der Waals surface area contributed by atoms with Gasteiger partial charge in [-0.1, -0.05) is 5.21 Å². The van der Waals surface area contributed by atoms with Gasteiger partial charge >= 0.3 is 0 Å². The van der Waals surface area contributed by atoms with Gasteiger partial charge in [0.1, 0.15) is 0 Å². The van der Waals surface area contributed by atoms with Crippen molar-refractivity contribution in [3.63, 3.8) is 0 Å². The van der Waals surface area contributed by atoms with E-state index >= 15 is 0 Å². The topological polar surface area (TPSA) is 34.0 Å². The van der Waals surface area contributed by atoms with E-state index in [1.54, 1.807) is 0 Å².